The van der Waals surface area contributed by atoms with Crippen LogP contribution in [0.3, 0.4) is 0 Å². The van der Waals surface area contributed by atoms with Gasteiger partial charge in [0.05, 0.1) is 0 Å². The van der Waals surface area contributed by atoms with Crippen molar-refractivity contribution in [3.05, 3.63) is 29.8 Å². The van der Waals surface area contributed by atoms with Crippen molar-refractivity contribution in [2.24, 2.45) is 0 Å². The molecule has 0 unspecified atom stereocenters. The van der Waals surface area contributed by atoms with Crippen LogP contribution in [-0.2, 0) is 5.41 Å². The average Bonchev–Trinajstić information content (AvgIpc) is 2.28. The number of hydrogen-bond donors (Lipinski definition) is 1. The van der Waals surface area contributed by atoms with Crippen LogP contribution in [-0.4, -0.2) is 17.1 Å². The molecule has 0 bridgehead atoms. The lowest BCUT2D eigenvalue weighted by atomic mass is 9.85. The van der Waals surface area contributed by atoms with Gasteiger partial charge in [0, 0.05) is 32.8 Å². The standard InChI is InChI=1S/C13H18BrNOS/c1-4-17-11-7-5-10(6-8-11)13(2,3)9-15-12(14)16/h5-8H,4,9H2,1-3H3,(H,15,16). The minimum Gasteiger partial charge on any atom is -0.346 e. The molecule has 0 heterocycles. The zero-order valence-corrected chi connectivity index (χ0v) is 12.8. The van der Waals surface area contributed by atoms with Gasteiger partial charge in [0.25, 0.3) is 4.82 Å². The Morgan fingerprint density at radius 2 is 1.94 bits per heavy atom. The summed E-state index contributed by atoms with van der Waals surface area (Å²) < 4.78 is 0. The monoisotopic (exact) mass is 315 g/mol. The van der Waals surface area contributed by atoms with Crippen molar-refractivity contribution in [1.82, 2.24) is 5.32 Å². The highest BCUT2D eigenvalue weighted by atomic mass is 79.9. The van der Waals surface area contributed by atoms with Crippen molar-refractivity contribution in [3.63, 3.8) is 0 Å². The summed E-state index contributed by atoms with van der Waals surface area (Å²) in [6.07, 6.45) is 0. The molecule has 1 N–H and O–H groups in total. The van der Waals surface area contributed by atoms with Gasteiger partial charge in [-0.1, -0.05) is 32.9 Å². The lowest BCUT2D eigenvalue weighted by Crippen LogP contribution is -2.34. The molecule has 0 aliphatic heterocycles. The summed E-state index contributed by atoms with van der Waals surface area (Å²) >= 11 is 4.71. The van der Waals surface area contributed by atoms with Gasteiger partial charge in [0.2, 0.25) is 0 Å². The SMILES string of the molecule is CCSc1ccc(C(C)(C)CNC(=O)Br)cc1. The van der Waals surface area contributed by atoms with Crippen molar-refractivity contribution in [2.45, 2.75) is 31.1 Å². The Labute approximate surface area is 116 Å². The van der Waals surface area contributed by atoms with Crippen molar-refractivity contribution >= 4 is 32.5 Å². The van der Waals surface area contributed by atoms with Crippen LogP contribution in [0.1, 0.15) is 26.3 Å². The highest BCUT2D eigenvalue weighted by Gasteiger charge is 2.20. The third-order valence-corrected chi connectivity index (χ3v) is 3.79. The molecule has 17 heavy (non-hydrogen) atoms. The maximum atomic E-state index is 10.9. The summed E-state index contributed by atoms with van der Waals surface area (Å²) in [5, 5.41) is 2.80. The van der Waals surface area contributed by atoms with Crippen LogP contribution in [0.25, 0.3) is 0 Å². The van der Waals surface area contributed by atoms with E-state index in [1.165, 1.54) is 10.5 Å². The van der Waals surface area contributed by atoms with Crippen molar-refractivity contribution in [1.29, 1.82) is 0 Å². The second-order valence-electron chi connectivity index (χ2n) is 4.47. The van der Waals surface area contributed by atoms with E-state index in [0.29, 0.717) is 6.54 Å². The fourth-order valence-corrected chi connectivity index (χ4v) is 2.36. The van der Waals surface area contributed by atoms with Gasteiger partial charge in [-0.05, 0) is 23.4 Å². The van der Waals surface area contributed by atoms with Crippen LogP contribution in [0.2, 0.25) is 0 Å². The second kappa shape index (κ2) is 6.45. The highest BCUT2D eigenvalue weighted by molar-refractivity contribution is 9.18. The van der Waals surface area contributed by atoms with E-state index in [2.05, 4.69) is 66.3 Å². The predicted molar refractivity (Wildman–Crippen MR) is 78.2 cm³/mol. The molecule has 1 aromatic carbocycles. The fourth-order valence-electron chi connectivity index (χ4n) is 1.56. The molecule has 94 valence electrons. The van der Waals surface area contributed by atoms with Gasteiger partial charge < -0.3 is 5.32 Å². The van der Waals surface area contributed by atoms with E-state index in [-0.39, 0.29) is 10.2 Å². The molecule has 0 radical (unpaired) electrons. The molecule has 0 aromatic heterocycles. The quantitative estimate of drug-likeness (QED) is 0.501. The fraction of sp³-hybridized carbons (Fsp3) is 0.462. The Bertz CT molecular complexity index is 376. The molecular weight excluding hydrogens is 298 g/mol. The van der Waals surface area contributed by atoms with Gasteiger partial charge in [-0.15, -0.1) is 11.8 Å². The molecule has 0 saturated carbocycles. The number of hydrogen-bond acceptors (Lipinski definition) is 2. The Kier molecular flexibility index (Phi) is 5.53. The van der Waals surface area contributed by atoms with E-state index in [4.69, 9.17) is 0 Å². The van der Waals surface area contributed by atoms with Crippen LogP contribution in [0.4, 0.5) is 4.79 Å². The molecule has 0 spiro atoms. The molecule has 0 atom stereocenters. The van der Waals surface area contributed by atoms with E-state index >= 15 is 0 Å². The van der Waals surface area contributed by atoms with E-state index < -0.39 is 0 Å². The zero-order chi connectivity index (χ0) is 12.9. The third-order valence-electron chi connectivity index (χ3n) is 2.62. The Morgan fingerprint density at radius 3 is 2.41 bits per heavy atom. The second-order valence-corrected chi connectivity index (χ2v) is 6.53. The molecule has 1 aromatic rings. The van der Waals surface area contributed by atoms with Crippen molar-refractivity contribution in [2.75, 3.05) is 12.3 Å². The minimum absolute atomic E-state index is 0.0567. The largest absolute Gasteiger partial charge is 0.346 e. The number of nitrogens with one attached hydrogen (secondary N) is 1. The number of carbonyl (C=O) groups is 1. The summed E-state index contributed by atoms with van der Waals surface area (Å²) in [5.74, 6) is 1.09. The van der Waals surface area contributed by atoms with Gasteiger partial charge in [-0.2, -0.15) is 0 Å². The molecule has 0 aliphatic rings. The van der Waals surface area contributed by atoms with E-state index in [1.54, 1.807) is 0 Å². The van der Waals surface area contributed by atoms with E-state index in [9.17, 15) is 4.79 Å². The van der Waals surface area contributed by atoms with Crippen LogP contribution < -0.4 is 5.32 Å². The number of carbonyl (C=O) groups excluding carboxylic acids is 1. The summed E-state index contributed by atoms with van der Waals surface area (Å²) in [4.78, 5) is 12.0. The van der Waals surface area contributed by atoms with Crippen LogP contribution in [0, 0.1) is 0 Å². The van der Waals surface area contributed by atoms with Gasteiger partial charge in [0.1, 0.15) is 0 Å². The van der Waals surface area contributed by atoms with Crippen molar-refractivity contribution in [3.8, 4) is 0 Å². The first-order valence-electron chi connectivity index (χ1n) is 5.62. The summed E-state index contributed by atoms with van der Waals surface area (Å²) in [5.41, 5.74) is 1.18. The normalized spacial score (nSPS) is 11.3. The molecule has 0 fully saturated rings. The molecule has 4 heteroatoms. The van der Waals surface area contributed by atoms with E-state index in [1.807, 2.05) is 11.8 Å². The molecule has 0 aliphatic carbocycles. The molecule has 0 saturated heterocycles. The highest BCUT2D eigenvalue weighted by Crippen LogP contribution is 2.25. The molecule has 1 rings (SSSR count). The summed E-state index contributed by atoms with van der Waals surface area (Å²) in [6, 6.07) is 8.55. The number of rotatable bonds is 5. The van der Waals surface area contributed by atoms with Crippen molar-refractivity contribution < 1.29 is 4.79 Å². The Morgan fingerprint density at radius 1 is 1.35 bits per heavy atom. The maximum absolute atomic E-state index is 10.9. The molecular formula is C13H18BrNOS. The van der Waals surface area contributed by atoms with E-state index in [0.717, 1.165) is 5.75 Å². The maximum Gasteiger partial charge on any atom is 0.287 e. The molecule has 2 nitrogen and oxygen atoms in total. The lowest BCUT2D eigenvalue weighted by Gasteiger charge is -2.25. The van der Waals surface area contributed by atoms with Gasteiger partial charge in [0.15, 0.2) is 0 Å². The van der Waals surface area contributed by atoms with Crippen LogP contribution in [0.5, 0.6) is 0 Å². The van der Waals surface area contributed by atoms with Gasteiger partial charge in [-0.3, -0.25) is 4.79 Å². The number of benzene rings is 1. The topological polar surface area (TPSA) is 29.1 Å². The zero-order valence-electron chi connectivity index (χ0n) is 10.4. The number of amides is 1. The first kappa shape index (κ1) is 14.6. The Balaban J connectivity index is 2.73. The smallest absolute Gasteiger partial charge is 0.287 e. The van der Waals surface area contributed by atoms with Gasteiger partial charge in [-0.25, -0.2) is 0 Å². The number of halogens is 1. The third kappa shape index (κ3) is 4.72. The minimum atomic E-state index is -0.163. The van der Waals surface area contributed by atoms with Gasteiger partial charge >= 0.3 is 0 Å². The first-order valence-corrected chi connectivity index (χ1v) is 7.40. The summed E-state index contributed by atoms with van der Waals surface area (Å²) in [6.45, 7) is 7.02. The van der Waals surface area contributed by atoms with Crippen LogP contribution >= 0.6 is 27.7 Å². The predicted octanol–water partition coefficient (Wildman–Crippen LogP) is 4.18. The number of thioether (sulfide) groups is 1. The Hall–Kier alpha value is -0.480. The first-order chi connectivity index (χ1) is 7.95. The van der Waals surface area contributed by atoms with Crippen LogP contribution in [0.15, 0.2) is 29.2 Å². The average molecular weight is 316 g/mol. The molecule has 1 amide bonds. The lowest BCUT2D eigenvalue weighted by molar-refractivity contribution is 0.259. The summed E-state index contributed by atoms with van der Waals surface area (Å²) in [7, 11) is 0.